The lowest BCUT2D eigenvalue weighted by Gasteiger charge is -2.15. The first-order valence-corrected chi connectivity index (χ1v) is 9.71. The van der Waals surface area contributed by atoms with E-state index in [0.29, 0.717) is 10.6 Å². The lowest BCUT2D eigenvalue weighted by atomic mass is 10.1. The molecule has 9 heteroatoms. The molecule has 1 aliphatic rings. The van der Waals surface area contributed by atoms with E-state index in [1.165, 1.54) is 23.5 Å². The van der Waals surface area contributed by atoms with Crippen molar-refractivity contribution in [1.29, 1.82) is 0 Å². The molecule has 0 unspecified atom stereocenters. The van der Waals surface area contributed by atoms with Gasteiger partial charge in [-0.3, -0.25) is 19.5 Å². The second kappa shape index (κ2) is 7.75. The zero-order valence-corrected chi connectivity index (χ0v) is 16.1. The van der Waals surface area contributed by atoms with Gasteiger partial charge >= 0.3 is 6.18 Å². The standard InChI is InChI=1S/C21H14F3N3O2S/c22-21(23,24)13-5-3-7-14(11-13)26-18-17(16-8-4-10-30-16)19(28)27(20(18)29)12-15-6-1-2-9-25-15/h1-11,26H,12H2. The number of thiophene rings is 1. The molecule has 2 amide bonds. The Kier molecular flexibility index (Phi) is 5.13. The van der Waals surface area contributed by atoms with E-state index in [-0.39, 0.29) is 23.5 Å². The number of benzene rings is 1. The van der Waals surface area contributed by atoms with Crippen LogP contribution in [-0.2, 0) is 22.3 Å². The molecule has 30 heavy (non-hydrogen) atoms. The Bertz CT molecular complexity index is 1130. The molecule has 0 radical (unpaired) electrons. The van der Waals surface area contributed by atoms with E-state index in [2.05, 4.69) is 10.3 Å². The maximum atomic E-state index is 13.1. The van der Waals surface area contributed by atoms with Gasteiger partial charge in [-0.05, 0) is 41.8 Å². The number of nitrogens with one attached hydrogen (secondary N) is 1. The number of hydrogen-bond donors (Lipinski definition) is 1. The summed E-state index contributed by atoms with van der Waals surface area (Å²) in [6.45, 7) is -0.0405. The molecule has 152 valence electrons. The predicted octanol–water partition coefficient (Wildman–Crippen LogP) is 4.55. The van der Waals surface area contributed by atoms with Gasteiger partial charge in [0.2, 0.25) is 0 Å². The summed E-state index contributed by atoms with van der Waals surface area (Å²) < 4.78 is 39.2. The number of amides is 2. The van der Waals surface area contributed by atoms with Crippen molar-refractivity contribution in [3.05, 3.63) is 88.0 Å². The van der Waals surface area contributed by atoms with Crippen LogP contribution in [0.1, 0.15) is 16.1 Å². The molecule has 1 aliphatic heterocycles. The summed E-state index contributed by atoms with van der Waals surface area (Å²) in [6, 6.07) is 13.0. The van der Waals surface area contributed by atoms with Crippen LogP contribution in [0.3, 0.4) is 0 Å². The summed E-state index contributed by atoms with van der Waals surface area (Å²) in [4.78, 5) is 31.8. The van der Waals surface area contributed by atoms with Crippen molar-refractivity contribution in [3.8, 4) is 0 Å². The van der Waals surface area contributed by atoms with Crippen molar-refractivity contribution in [3.63, 3.8) is 0 Å². The summed E-state index contributed by atoms with van der Waals surface area (Å²) in [6.07, 6.45) is -2.97. The second-order valence-corrected chi connectivity index (χ2v) is 7.40. The number of rotatable bonds is 5. The molecule has 2 aromatic heterocycles. The van der Waals surface area contributed by atoms with Gasteiger partial charge < -0.3 is 5.32 Å². The molecule has 0 aliphatic carbocycles. The average molecular weight is 429 g/mol. The molecule has 0 fully saturated rings. The number of hydrogen-bond acceptors (Lipinski definition) is 5. The molecular weight excluding hydrogens is 415 g/mol. The van der Waals surface area contributed by atoms with E-state index in [4.69, 9.17) is 0 Å². The number of nitrogens with zero attached hydrogens (tertiary/aromatic N) is 2. The number of pyridine rings is 1. The monoisotopic (exact) mass is 429 g/mol. The minimum absolute atomic E-state index is 0.0405. The number of imide groups is 1. The van der Waals surface area contributed by atoms with Gasteiger partial charge in [0, 0.05) is 16.8 Å². The Morgan fingerprint density at radius 1 is 1.00 bits per heavy atom. The zero-order chi connectivity index (χ0) is 21.3. The molecular formula is C21H14F3N3O2S. The molecule has 1 aromatic carbocycles. The average Bonchev–Trinajstić information content (AvgIpc) is 3.32. The van der Waals surface area contributed by atoms with Crippen LogP contribution in [0.25, 0.3) is 5.57 Å². The number of carbonyl (C=O) groups excluding carboxylic acids is 2. The lowest BCUT2D eigenvalue weighted by Crippen LogP contribution is -2.32. The van der Waals surface area contributed by atoms with Crippen molar-refractivity contribution < 1.29 is 22.8 Å². The first-order valence-electron chi connectivity index (χ1n) is 8.83. The summed E-state index contributed by atoms with van der Waals surface area (Å²) in [5, 5.41) is 4.49. The maximum absolute atomic E-state index is 13.1. The van der Waals surface area contributed by atoms with E-state index in [0.717, 1.165) is 17.0 Å². The van der Waals surface area contributed by atoms with Crippen LogP contribution in [-0.4, -0.2) is 21.7 Å². The van der Waals surface area contributed by atoms with E-state index < -0.39 is 23.6 Å². The van der Waals surface area contributed by atoms with Crippen molar-refractivity contribution in [1.82, 2.24) is 9.88 Å². The molecule has 0 spiro atoms. The van der Waals surface area contributed by atoms with Gasteiger partial charge in [-0.25, -0.2) is 0 Å². The predicted molar refractivity (Wildman–Crippen MR) is 106 cm³/mol. The summed E-state index contributed by atoms with van der Waals surface area (Å²) >= 11 is 1.26. The third-order valence-electron chi connectivity index (χ3n) is 4.44. The highest BCUT2D eigenvalue weighted by atomic mass is 32.1. The fraction of sp³-hybridized carbons (Fsp3) is 0.0952. The van der Waals surface area contributed by atoms with E-state index in [9.17, 15) is 22.8 Å². The fourth-order valence-corrected chi connectivity index (χ4v) is 3.82. The molecule has 5 nitrogen and oxygen atoms in total. The highest BCUT2D eigenvalue weighted by Crippen LogP contribution is 2.35. The number of aromatic nitrogens is 1. The van der Waals surface area contributed by atoms with Crippen molar-refractivity contribution >= 4 is 34.4 Å². The van der Waals surface area contributed by atoms with Crippen molar-refractivity contribution in [2.45, 2.75) is 12.7 Å². The first-order chi connectivity index (χ1) is 14.3. The van der Waals surface area contributed by atoms with Gasteiger partial charge in [0.05, 0.1) is 23.4 Å². The third-order valence-corrected chi connectivity index (χ3v) is 5.33. The molecule has 0 atom stereocenters. The highest BCUT2D eigenvalue weighted by molar-refractivity contribution is 7.11. The van der Waals surface area contributed by atoms with E-state index in [1.54, 1.807) is 41.9 Å². The van der Waals surface area contributed by atoms with Crippen LogP contribution in [0.2, 0.25) is 0 Å². The minimum atomic E-state index is -4.52. The smallest absolute Gasteiger partial charge is 0.350 e. The Morgan fingerprint density at radius 3 is 2.50 bits per heavy atom. The summed E-state index contributed by atoms with van der Waals surface area (Å²) in [5.74, 6) is -1.14. The molecule has 1 N–H and O–H groups in total. The number of halogens is 3. The Morgan fingerprint density at radius 2 is 1.83 bits per heavy atom. The van der Waals surface area contributed by atoms with Gasteiger partial charge in [0.25, 0.3) is 11.8 Å². The summed E-state index contributed by atoms with van der Waals surface area (Å²) in [5.41, 5.74) is -0.200. The van der Waals surface area contributed by atoms with Crippen LogP contribution in [0.5, 0.6) is 0 Å². The third kappa shape index (κ3) is 3.84. The lowest BCUT2D eigenvalue weighted by molar-refractivity contribution is -0.138. The van der Waals surface area contributed by atoms with Gasteiger partial charge in [-0.2, -0.15) is 13.2 Å². The zero-order valence-electron chi connectivity index (χ0n) is 15.3. The van der Waals surface area contributed by atoms with Crippen LogP contribution in [0.15, 0.2) is 71.9 Å². The molecule has 0 saturated heterocycles. The maximum Gasteiger partial charge on any atom is 0.416 e. The van der Waals surface area contributed by atoms with E-state index >= 15 is 0 Å². The van der Waals surface area contributed by atoms with E-state index in [1.807, 2.05) is 0 Å². The molecule has 3 heterocycles. The quantitative estimate of drug-likeness (QED) is 0.605. The SMILES string of the molecule is O=C1C(Nc2cccc(C(F)(F)F)c2)=C(c2cccs2)C(=O)N1Cc1ccccn1. The van der Waals surface area contributed by atoms with Crippen molar-refractivity contribution in [2.75, 3.05) is 5.32 Å². The normalized spacial score (nSPS) is 14.6. The van der Waals surface area contributed by atoms with Crippen LogP contribution >= 0.6 is 11.3 Å². The Hall–Kier alpha value is -3.46. The number of carbonyl (C=O) groups is 2. The molecule has 4 rings (SSSR count). The van der Waals surface area contributed by atoms with Crippen LogP contribution < -0.4 is 5.32 Å². The minimum Gasteiger partial charge on any atom is -0.350 e. The molecule has 0 bridgehead atoms. The number of anilines is 1. The molecule has 3 aromatic rings. The van der Waals surface area contributed by atoms with Gasteiger partial charge in [-0.1, -0.05) is 18.2 Å². The van der Waals surface area contributed by atoms with Gasteiger partial charge in [0.1, 0.15) is 5.70 Å². The van der Waals surface area contributed by atoms with Crippen molar-refractivity contribution in [2.24, 2.45) is 0 Å². The first kappa shape index (κ1) is 19.8. The topological polar surface area (TPSA) is 62.3 Å². The second-order valence-electron chi connectivity index (χ2n) is 6.45. The van der Waals surface area contributed by atoms with Crippen LogP contribution in [0.4, 0.5) is 18.9 Å². The largest absolute Gasteiger partial charge is 0.416 e. The highest BCUT2D eigenvalue weighted by Gasteiger charge is 2.40. The molecule has 0 saturated carbocycles. The van der Waals surface area contributed by atoms with Gasteiger partial charge in [0.15, 0.2) is 0 Å². The van der Waals surface area contributed by atoms with Crippen LogP contribution in [0, 0.1) is 0 Å². The number of alkyl halides is 3. The Labute approximate surface area is 173 Å². The fourth-order valence-electron chi connectivity index (χ4n) is 3.06. The summed E-state index contributed by atoms with van der Waals surface area (Å²) in [7, 11) is 0. The Balaban J connectivity index is 1.71. The van der Waals surface area contributed by atoms with Gasteiger partial charge in [-0.15, -0.1) is 11.3 Å².